The van der Waals surface area contributed by atoms with Crippen molar-refractivity contribution in [3.8, 4) is 11.5 Å². The number of hydrogen-bond acceptors (Lipinski definition) is 5. The molecule has 2 aliphatic rings. The Labute approximate surface area is 206 Å². The maximum atomic E-state index is 12.0. The Kier molecular flexibility index (Phi) is 8.92. The molecule has 2 fully saturated rings. The van der Waals surface area contributed by atoms with Gasteiger partial charge in [-0.15, -0.1) is 24.0 Å². The number of hydrogen-bond donors (Lipinski definition) is 2. The second-order valence-corrected chi connectivity index (χ2v) is 8.29. The first kappa shape index (κ1) is 24.5. The largest absolute Gasteiger partial charge is 0.444 e. The first-order chi connectivity index (χ1) is 15.1. The molecule has 2 N–H and O–H groups in total. The second-order valence-electron chi connectivity index (χ2n) is 8.29. The molecule has 1 aliphatic carbocycles. The molecule has 1 aromatic carbocycles. The fourth-order valence-electron chi connectivity index (χ4n) is 3.61. The highest BCUT2D eigenvalue weighted by Crippen LogP contribution is 2.20. The number of carbonyl (C=O) groups is 1. The van der Waals surface area contributed by atoms with Gasteiger partial charge in [-0.05, 0) is 38.8 Å². The molecule has 32 heavy (non-hydrogen) atoms. The molecule has 0 spiro atoms. The third kappa shape index (κ3) is 6.93. The summed E-state index contributed by atoms with van der Waals surface area (Å²) in [5.74, 6) is 1.64. The van der Waals surface area contributed by atoms with Crippen molar-refractivity contribution in [1.82, 2.24) is 25.4 Å². The van der Waals surface area contributed by atoms with Crippen LogP contribution in [0.2, 0.25) is 0 Å². The molecule has 9 heteroatoms. The highest BCUT2D eigenvalue weighted by molar-refractivity contribution is 14.0. The van der Waals surface area contributed by atoms with Crippen LogP contribution in [0.4, 0.5) is 0 Å². The molecule has 0 atom stereocenters. The summed E-state index contributed by atoms with van der Waals surface area (Å²) in [7, 11) is 0. The Morgan fingerprint density at radius 2 is 1.91 bits per heavy atom. The van der Waals surface area contributed by atoms with Gasteiger partial charge in [0.15, 0.2) is 5.96 Å². The van der Waals surface area contributed by atoms with Crippen molar-refractivity contribution in [3.05, 3.63) is 41.8 Å². The van der Waals surface area contributed by atoms with Gasteiger partial charge in [0.25, 0.3) is 0 Å². The number of benzene rings is 1. The van der Waals surface area contributed by atoms with Crippen LogP contribution in [-0.4, -0.2) is 72.0 Å². The predicted octanol–water partition coefficient (Wildman–Crippen LogP) is 2.63. The van der Waals surface area contributed by atoms with Crippen LogP contribution in [0.25, 0.3) is 11.5 Å². The third-order valence-corrected chi connectivity index (χ3v) is 5.56. The van der Waals surface area contributed by atoms with Crippen molar-refractivity contribution < 1.29 is 9.21 Å². The normalized spacial score (nSPS) is 17.1. The number of aliphatic imine (C=N–C) groups is 1. The maximum absolute atomic E-state index is 12.0. The zero-order valence-electron chi connectivity index (χ0n) is 18.8. The lowest BCUT2D eigenvalue weighted by molar-refractivity contribution is -0.122. The van der Waals surface area contributed by atoms with Gasteiger partial charge in [-0.1, -0.05) is 17.7 Å². The number of halogens is 1. The molecule has 1 aliphatic heterocycles. The smallest absolute Gasteiger partial charge is 0.234 e. The van der Waals surface area contributed by atoms with E-state index in [-0.39, 0.29) is 29.9 Å². The quantitative estimate of drug-likeness (QED) is 0.312. The van der Waals surface area contributed by atoms with Crippen LogP contribution in [0, 0.1) is 6.92 Å². The molecule has 1 saturated carbocycles. The Morgan fingerprint density at radius 3 is 2.56 bits per heavy atom. The average molecular weight is 552 g/mol. The summed E-state index contributed by atoms with van der Waals surface area (Å²) >= 11 is 0. The van der Waals surface area contributed by atoms with E-state index in [0.717, 1.165) is 62.8 Å². The highest BCUT2D eigenvalue weighted by Gasteiger charge is 2.26. The SMILES string of the molecule is CCNC(=NCc1coc(-c2ccc(C)cc2)n1)N1CCN(CC(=O)NC2CC2)CC1.I. The Bertz CT molecular complexity index is 901. The van der Waals surface area contributed by atoms with E-state index >= 15 is 0 Å². The summed E-state index contributed by atoms with van der Waals surface area (Å²) in [6, 6.07) is 8.56. The number of amides is 1. The lowest BCUT2D eigenvalue weighted by Gasteiger charge is -2.36. The summed E-state index contributed by atoms with van der Waals surface area (Å²) in [5.41, 5.74) is 2.98. The van der Waals surface area contributed by atoms with Gasteiger partial charge in [-0.2, -0.15) is 0 Å². The molecular weight excluding hydrogens is 519 g/mol. The first-order valence-electron chi connectivity index (χ1n) is 11.2. The van der Waals surface area contributed by atoms with Gasteiger partial charge in [0.1, 0.15) is 12.0 Å². The number of guanidine groups is 1. The van der Waals surface area contributed by atoms with Crippen LogP contribution < -0.4 is 10.6 Å². The summed E-state index contributed by atoms with van der Waals surface area (Å²) in [6.07, 6.45) is 3.93. The predicted molar refractivity (Wildman–Crippen MR) is 136 cm³/mol. The van der Waals surface area contributed by atoms with Crippen molar-refractivity contribution >= 4 is 35.8 Å². The molecule has 2 aromatic rings. The molecule has 0 unspecified atom stereocenters. The first-order valence-corrected chi connectivity index (χ1v) is 11.2. The minimum Gasteiger partial charge on any atom is -0.444 e. The fraction of sp³-hybridized carbons (Fsp3) is 0.522. The summed E-state index contributed by atoms with van der Waals surface area (Å²) in [6.45, 7) is 9.26. The molecular formula is C23H33IN6O2. The van der Waals surface area contributed by atoms with Crippen molar-refractivity contribution in [2.24, 2.45) is 4.99 Å². The molecule has 4 rings (SSSR count). The highest BCUT2D eigenvalue weighted by atomic mass is 127. The Hall–Kier alpha value is -2.14. The van der Waals surface area contributed by atoms with Gasteiger partial charge in [0.05, 0.1) is 13.1 Å². The number of oxazole rings is 1. The lowest BCUT2D eigenvalue weighted by atomic mass is 10.1. The third-order valence-electron chi connectivity index (χ3n) is 5.56. The molecule has 1 aromatic heterocycles. The van der Waals surface area contributed by atoms with E-state index in [0.29, 0.717) is 25.0 Å². The summed E-state index contributed by atoms with van der Waals surface area (Å²) < 4.78 is 5.65. The van der Waals surface area contributed by atoms with Gasteiger partial charge in [-0.25, -0.2) is 9.98 Å². The van der Waals surface area contributed by atoms with Gasteiger partial charge < -0.3 is 20.0 Å². The Morgan fingerprint density at radius 1 is 1.19 bits per heavy atom. The van der Waals surface area contributed by atoms with Crippen LogP contribution in [0.15, 0.2) is 39.9 Å². The van der Waals surface area contributed by atoms with Gasteiger partial charge in [0, 0.05) is 44.3 Å². The van der Waals surface area contributed by atoms with Gasteiger partial charge in [0.2, 0.25) is 11.8 Å². The number of carbonyl (C=O) groups excluding carboxylic acids is 1. The number of nitrogens with one attached hydrogen (secondary N) is 2. The van der Waals surface area contributed by atoms with Crippen LogP contribution in [-0.2, 0) is 11.3 Å². The van der Waals surface area contributed by atoms with E-state index in [9.17, 15) is 4.79 Å². The van der Waals surface area contributed by atoms with Crippen LogP contribution in [0.5, 0.6) is 0 Å². The number of aromatic nitrogens is 1. The zero-order valence-corrected chi connectivity index (χ0v) is 21.2. The molecule has 0 bridgehead atoms. The number of aryl methyl sites for hydroxylation is 1. The minimum absolute atomic E-state index is 0. The van der Waals surface area contributed by atoms with Crippen LogP contribution in [0.3, 0.4) is 0 Å². The topological polar surface area (TPSA) is 86.0 Å². The lowest BCUT2D eigenvalue weighted by Crippen LogP contribution is -2.54. The van der Waals surface area contributed by atoms with E-state index in [1.165, 1.54) is 5.56 Å². The average Bonchev–Trinajstić information content (AvgIpc) is 3.45. The summed E-state index contributed by atoms with van der Waals surface area (Å²) in [4.78, 5) is 25.9. The zero-order chi connectivity index (χ0) is 21.6. The van der Waals surface area contributed by atoms with Crippen LogP contribution >= 0.6 is 24.0 Å². The van der Waals surface area contributed by atoms with E-state index in [2.05, 4.69) is 51.4 Å². The van der Waals surface area contributed by atoms with Crippen molar-refractivity contribution in [2.75, 3.05) is 39.3 Å². The Balaban J connectivity index is 0.00000289. The molecule has 174 valence electrons. The van der Waals surface area contributed by atoms with Gasteiger partial charge >= 0.3 is 0 Å². The van der Waals surface area contributed by atoms with Crippen molar-refractivity contribution in [2.45, 2.75) is 39.3 Å². The van der Waals surface area contributed by atoms with E-state index < -0.39 is 0 Å². The molecule has 2 heterocycles. The van der Waals surface area contributed by atoms with Crippen molar-refractivity contribution in [1.29, 1.82) is 0 Å². The molecule has 8 nitrogen and oxygen atoms in total. The maximum Gasteiger partial charge on any atom is 0.234 e. The van der Waals surface area contributed by atoms with Crippen molar-refractivity contribution in [3.63, 3.8) is 0 Å². The standard InChI is InChI=1S/C23H32N6O2.HI/c1-3-24-23(29-12-10-28(11-13-29)15-21(30)26-19-8-9-19)25-14-20-16-31-22(27-20)18-6-4-17(2)5-7-18;/h4-7,16,19H,3,8-15H2,1-2H3,(H,24,25)(H,26,30);1H. The number of nitrogens with zero attached hydrogens (tertiary/aromatic N) is 4. The van der Waals surface area contributed by atoms with E-state index in [4.69, 9.17) is 9.41 Å². The molecule has 1 amide bonds. The van der Waals surface area contributed by atoms with E-state index in [1.807, 2.05) is 12.1 Å². The van der Waals surface area contributed by atoms with Crippen LogP contribution in [0.1, 0.15) is 31.0 Å². The minimum atomic E-state index is 0. The summed E-state index contributed by atoms with van der Waals surface area (Å²) in [5, 5.41) is 6.44. The fourth-order valence-corrected chi connectivity index (χ4v) is 3.61. The van der Waals surface area contributed by atoms with Gasteiger partial charge in [-0.3, -0.25) is 9.69 Å². The number of piperazine rings is 1. The molecule has 0 radical (unpaired) electrons. The van der Waals surface area contributed by atoms with E-state index in [1.54, 1.807) is 6.26 Å². The number of rotatable bonds is 7. The molecule has 1 saturated heterocycles. The monoisotopic (exact) mass is 552 g/mol. The second kappa shape index (κ2) is 11.6.